The van der Waals surface area contributed by atoms with Crippen LogP contribution in [0.1, 0.15) is 50.4 Å². The first-order valence-electron chi connectivity index (χ1n) is 15.6. The molecule has 0 unspecified atom stereocenters. The van der Waals surface area contributed by atoms with Gasteiger partial charge in [-0.05, 0) is 74.7 Å². The second-order valence-corrected chi connectivity index (χ2v) is 14.1. The van der Waals surface area contributed by atoms with Crippen LogP contribution in [0.5, 0.6) is 0 Å². The summed E-state index contributed by atoms with van der Waals surface area (Å²) >= 11 is 0. The highest BCUT2D eigenvalue weighted by Crippen LogP contribution is 2.49. The number of anilines is 1. The molecule has 1 aromatic heterocycles. The average Bonchev–Trinajstić information content (AvgIpc) is 3.89. The van der Waals surface area contributed by atoms with Gasteiger partial charge in [-0.15, -0.1) is 0 Å². The van der Waals surface area contributed by atoms with Gasteiger partial charge in [0, 0.05) is 36.4 Å². The van der Waals surface area contributed by atoms with Crippen molar-refractivity contribution in [1.82, 2.24) is 19.8 Å². The molecule has 53 heavy (non-hydrogen) atoms. The minimum atomic E-state index is -4.67. The molecule has 4 aromatic rings. The van der Waals surface area contributed by atoms with E-state index >= 15 is 8.78 Å². The van der Waals surface area contributed by atoms with Crippen molar-refractivity contribution in [1.29, 1.82) is 0 Å². The smallest absolute Gasteiger partial charge is 0.411 e. The van der Waals surface area contributed by atoms with Gasteiger partial charge in [-0.3, -0.25) is 19.1 Å². The number of hydrogen-bond acceptors (Lipinski definition) is 7. The topological polar surface area (TPSA) is 186 Å². The Morgan fingerprint density at radius 1 is 0.925 bits per heavy atom. The number of carbonyl (C=O) groups is 3. The van der Waals surface area contributed by atoms with Crippen LogP contribution < -0.4 is 26.6 Å². The number of rotatable bonds is 11. The van der Waals surface area contributed by atoms with Gasteiger partial charge in [0.15, 0.2) is 0 Å². The maximum atomic E-state index is 15.1. The summed E-state index contributed by atoms with van der Waals surface area (Å²) in [6.45, 7) is 3.18. The highest BCUT2D eigenvalue weighted by Gasteiger charge is 2.64. The minimum absolute atomic E-state index is 0.197. The van der Waals surface area contributed by atoms with Crippen molar-refractivity contribution in [3.05, 3.63) is 121 Å². The van der Waals surface area contributed by atoms with Gasteiger partial charge in [-0.2, -0.15) is 13.2 Å². The third kappa shape index (κ3) is 7.69. The molecule has 0 bridgehead atoms. The number of carboxylic acids is 1. The van der Waals surface area contributed by atoms with Crippen LogP contribution in [0, 0.1) is 25.5 Å². The molecule has 0 radical (unpaired) electrons. The summed E-state index contributed by atoms with van der Waals surface area (Å²) < 4.78 is 99.4. The Kier molecular flexibility index (Phi) is 10.1. The normalized spacial score (nSPS) is 14.3. The van der Waals surface area contributed by atoms with E-state index < -0.39 is 84.6 Å². The molecule has 1 atom stereocenters. The Hall–Kier alpha value is -5.85. The number of carbonyl (C=O) groups excluding carboxylic acids is 2. The number of benzene rings is 3. The van der Waals surface area contributed by atoms with Gasteiger partial charge in [-0.25, -0.2) is 31.4 Å². The summed E-state index contributed by atoms with van der Waals surface area (Å²) in [5.41, 5.74) is -4.33. The van der Waals surface area contributed by atoms with Gasteiger partial charge in [0.25, 0.3) is 27.4 Å². The molecule has 5 rings (SSSR count). The number of hydrogen-bond donors (Lipinski definition) is 4. The Balaban J connectivity index is 1.27. The van der Waals surface area contributed by atoms with Crippen molar-refractivity contribution in [2.45, 2.75) is 55.8 Å². The number of halogens is 5. The van der Waals surface area contributed by atoms with Gasteiger partial charge >= 0.3 is 17.8 Å². The van der Waals surface area contributed by atoms with Gasteiger partial charge in [-0.1, -0.05) is 12.1 Å². The Labute approximate surface area is 297 Å². The maximum absolute atomic E-state index is 15.1. The molecule has 0 spiro atoms. The molecule has 19 heteroatoms. The third-order valence-electron chi connectivity index (χ3n) is 8.90. The molecule has 2 amide bonds. The van der Waals surface area contributed by atoms with E-state index in [1.807, 2.05) is 5.32 Å². The Bertz CT molecular complexity index is 2330. The van der Waals surface area contributed by atoms with Gasteiger partial charge < -0.3 is 20.3 Å². The highest BCUT2D eigenvalue weighted by atomic mass is 32.2. The van der Waals surface area contributed by atoms with Crippen LogP contribution in [-0.4, -0.2) is 58.2 Å². The standard InChI is InChI=1S/C34H30F5N5O8S/c1-17-18(2)43(3)32(50)44(30(17)47)21-8-4-19(5-9-21)14-27(31(48)49)40-29(46)23-15-25(36)26(16-24(23)35)42-53(51,52)22-10-6-20(7-11-22)28(45)41-33(12-13-33)34(37,38)39/h4-11,15-16,27,42H,12-14H2,1-3H3,(H,40,46)(H,41,45)(H,48,49)/t27-/m0/s1. The second kappa shape index (κ2) is 13.9. The summed E-state index contributed by atoms with van der Waals surface area (Å²) in [5.74, 6) is -6.84. The average molecular weight is 764 g/mol. The molecule has 3 aromatic carbocycles. The molecular weight excluding hydrogens is 733 g/mol. The molecule has 4 N–H and O–H groups in total. The van der Waals surface area contributed by atoms with Crippen molar-refractivity contribution >= 4 is 33.5 Å². The zero-order valence-corrected chi connectivity index (χ0v) is 28.8. The summed E-state index contributed by atoms with van der Waals surface area (Å²) in [6, 6.07) is 8.26. The Morgan fingerprint density at radius 3 is 2.08 bits per heavy atom. The van der Waals surface area contributed by atoms with E-state index in [9.17, 15) is 50.7 Å². The quantitative estimate of drug-likeness (QED) is 0.167. The largest absolute Gasteiger partial charge is 0.480 e. The van der Waals surface area contributed by atoms with Crippen LogP contribution in [-0.2, 0) is 28.3 Å². The second-order valence-electron chi connectivity index (χ2n) is 12.4. The maximum Gasteiger partial charge on any atom is 0.411 e. The molecule has 0 aliphatic heterocycles. The predicted molar refractivity (Wildman–Crippen MR) is 178 cm³/mol. The van der Waals surface area contributed by atoms with Crippen LogP contribution in [0.25, 0.3) is 5.69 Å². The molecular formula is C34H30F5N5O8S. The summed E-state index contributed by atoms with van der Waals surface area (Å²) in [4.78, 5) is 62.1. The number of nitrogens with zero attached hydrogens (tertiary/aromatic N) is 2. The first kappa shape index (κ1) is 38.4. The lowest BCUT2D eigenvalue weighted by molar-refractivity contribution is -0.163. The van der Waals surface area contributed by atoms with Crippen LogP contribution in [0.15, 0.2) is 75.1 Å². The molecule has 13 nitrogen and oxygen atoms in total. The first-order valence-corrected chi connectivity index (χ1v) is 17.1. The predicted octanol–water partition coefficient (Wildman–Crippen LogP) is 3.48. The number of sulfonamides is 1. The van der Waals surface area contributed by atoms with Crippen molar-refractivity contribution < 1.29 is 49.9 Å². The lowest BCUT2D eigenvalue weighted by Crippen LogP contribution is -2.47. The molecule has 1 heterocycles. The zero-order valence-electron chi connectivity index (χ0n) is 28.0. The fourth-order valence-corrected chi connectivity index (χ4v) is 6.38. The van der Waals surface area contributed by atoms with Crippen LogP contribution in [0.2, 0.25) is 0 Å². The number of aromatic nitrogens is 2. The zero-order chi connectivity index (χ0) is 39.2. The SMILES string of the molecule is Cc1c(C)n(C)c(=O)n(-c2ccc(C[C@H](NC(=O)c3cc(F)c(NS(=O)(=O)c4ccc(C(=O)NC5(C(F)(F)F)CC5)cc4)cc3F)C(=O)O)cc2)c1=O. The van der Waals surface area contributed by atoms with Crippen LogP contribution in [0.3, 0.4) is 0 Å². The van der Waals surface area contributed by atoms with Gasteiger partial charge in [0.05, 0.1) is 21.8 Å². The minimum Gasteiger partial charge on any atom is -0.480 e. The number of amides is 2. The van der Waals surface area contributed by atoms with E-state index in [4.69, 9.17) is 0 Å². The molecule has 280 valence electrons. The number of aliphatic carboxylic acids is 1. The Morgan fingerprint density at radius 2 is 1.53 bits per heavy atom. The van der Waals surface area contributed by atoms with Crippen molar-refractivity contribution in [3.8, 4) is 5.69 Å². The molecule has 0 saturated heterocycles. The van der Waals surface area contributed by atoms with Crippen molar-refractivity contribution in [3.63, 3.8) is 0 Å². The van der Waals surface area contributed by atoms with Crippen molar-refractivity contribution in [2.24, 2.45) is 7.05 Å². The van der Waals surface area contributed by atoms with E-state index in [1.165, 1.54) is 35.9 Å². The van der Waals surface area contributed by atoms with Crippen LogP contribution in [0.4, 0.5) is 27.6 Å². The van der Waals surface area contributed by atoms with Gasteiger partial charge in [0.1, 0.15) is 23.2 Å². The lowest BCUT2D eigenvalue weighted by Gasteiger charge is -2.20. The summed E-state index contributed by atoms with van der Waals surface area (Å²) in [6.07, 6.45) is -5.64. The van der Waals surface area contributed by atoms with Crippen LogP contribution >= 0.6 is 0 Å². The van der Waals surface area contributed by atoms with Gasteiger partial charge in [0.2, 0.25) is 0 Å². The van der Waals surface area contributed by atoms with E-state index in [-0.39, 0.29) is 30.5 Å². The monoisotopic (exact) mass is 763 g/mol. The molecule has 1 saturated carbocycles. The molecule has 1 aliphatic carbocycles. The summed E-state index contributed by atoms with van der Waals surface area (Å²) in [7, 11) is -3.16. The number of nitrogens with one attached hydrogen (secondary N) is 3. The molecule has 1 fully saturated rings. The fourth-order valence-electron chi connectivity index (χ4n) is 5.32. The number of alkyl halides is 3. The van der Waals surface area contributed by atoms with E-state index in [0.29, 0.717) is 29.0 Å². The third-order valence-corrected chi connectivity index (χ3v) is 10.3. The van der Waals surface area contributed by atoms with E-state index in [0.717, 1.165) is 28.8 Å². The fraction of sp³-hybridized carbons (Fsp3) is 0.265. The van der Waals surface area contributed by atoms with E-state index in [2.05, 4.69) is 5.32 Å². The highest BCUT2D eigenvalue weighted by molar-refractivity contribution is 7.92. The molecule has 1 aliphatic rings. The number of carboxylic acid groups (broad SMARTS) is 1. The lowest BCUT2D eigenvalue weighted by atomic mass is 10.0. The van der Waals surface area contributed by atoms with Crippen molar-refractivity contribution in [2.75, 3.05) is 4.72 Å². The summed E-state index contributed by atoms with van der Waals surface area (Å²) in [5, 5.41) is 13.7. The van der Waals surface area contributed by atoms with E-state index in [1.54, 1.807) is 18.6 Å². The first-order chi connectivity index (χ1) is 24.7.